The van der Waals surface area contributed by atoms with Crippen molar-refractivity contribution in [2.75, 3.05) is 18.0 Å². The first-order valence-electron chi connectivity index (χ1n) is 7.66. The van der Waals surface area contributed by atoms with Crippen molar-refractivity contribution >= 4 is 16.5 Å². The van der Waals surface area contributed by atoms with Crippen molar-refractivity contribution in [1.29, 1.82) is 0 Å². The number of nitrogens with zero attached hydrogens (tertiary/aromatic N) is 2. The monoisotopic (exact) mass is 281 g/mol. The molecule has 19 heavy (non-hydrogen) atoms. The maximum absolute atomic E-state index is 4.54. The number of nitrogens with one attached hydrogen (secondary N) is 1. The zero-order valence-electron chi connectivity index (χ0n) is 12.5. The van der Waals surface area contributed by atoms with E-state index in [1.807, 2.05) is 17.5 Å². The highest BCUT2D eigenvalue weighted by molar-refractivity contribution is 7.15. The van der Waals surface area contributed by atoms with Crippen molar-refractivity contribution in [3.05, 3.63) is 11.1 Å². The van der Waals surface area contributed by atoms with Gasteiger partial charge in [0, 0.05) is 36.8 Å². The van der Waals surface area contributed by atoms with E-state index < -0.39 is 0 Å². The zero-order valence-corrected chi connectivity index (χ0v) is 13.3. The molecule has 4 heteroatoms. The molecule has 0 spiro atoms. The van der Waals surface area contributed by atoms with Crippen LogP contribution >= 0.6 is 11.3 Å². The Labute approximate surface area is 121 Å². The summed E-state index contributed by atoms with van der Waals surface area (Å²) in [4.78, 5) is 8.22. The van der Waals surface area contributed by atoms with E-state index in [1.54, 1.807) is 0 Å². The Balaban J connectivity index is 1.80. The molecule has 0 bridgehead atoms. The molecule has 3 nitrogen and oxygen atoms in total. The van der Waals surface area contributed by atoms with Gasteiger partial charge in [0.25, 0.3) is 0 Å². The fraction of sp³-hybridized carbons (Fsp3) is 0.800. The van der Waals surface area contributed by atoms with Gasteiger partial charge >= 0.3 is 0 Å². The largest absolute Gasteiger partial charge is 0.349 e. The highest BCUT2D eigenvalue weighted by Crippen LogP contribution is 2.25. The van der Waals surface area contributed by atoms with Gasteiger partial charge in [-0.15, -0.1) is 11.3 Å². The van der Waals surface area contributed by atoms with Gasteiger partial charge in [-0.1, -0.05) is 6.92 Å². The fourth-order valence-corrected chi connectivity index (χ4v) is 3.72. The van der Waals surface area contributed by atoms with E-state index in [-0.39, 0.29) is 0 Å². The molecule has 0 unspecified atom stereocenters. The summed E-state index contributed by atoms with van der Waals surface area (Å²) in [5.41, 5.74) is 0. The van der Waals surface area contributed by atoms with Crippen LogP contribution in [0, 0.1) is 5.92 Å². The van der Waals surface area contributed by atoms with Gasteiger partial charge in [-0.25, -0.2) is 4.98 Å². The van der Waals surface area contributed by atoms with E-state index in [9.17, 15) is 0 Å². The van der Waals surface area contributed by atoms with Crippen LogP contribution in [0.25, 0.3) is 0 Å². The Morgan fingerprint density at radius 1 is 1.26 bits per heavy atom. The van der Waals surface area contributed by atoms with Gasteiger partial charge in [0.05, 0.1) is 0 Å². The van der Waals surface area contributed by atoms with Gasteiger partial charge in [0.2, 0.25) is 0 Å². The molecule has 1 fully saturated rings. The molecule has 1 N–H and O–H groups in total. The Hall–Kier alpha value is -0.610. The molecule has 0 radical (unpaired) electrons. The highest BCUT2D eigenvalue weighted by atomic mass is 32.1. The van der Waals surface area contributed by atoms with Gasteiger partial charge in [-0.05, 0) is 45.4 Å². The second-order valence-electron chi connectivity index (χ2n) is 5.62. The number of anilines is 1. The molecule has 108 valence electrons. The summed E-state index contributed by atoms with van der Waals surface area (Å²) < 4.78 is 0. The predicted octanol–water partition coefficient (Wildman–Crippen LogP) is 3.66. The molecule has 0 aromatic carbocycles. The van der Waals surface area contributed by atoms with Crippen LogP contribution in [-0.2, 0) is 6.54 Å². The predicted molar refractivity (Wildman–Crippen MR) is 83.9 cm³/mol. The second-order valence-corrected chi connectivity index (χ2v) is 6.71. The quantitative estimate of drug-likeness (QED) is 0.862. The van der Waals surface area contributed by atoms with E-state index >= 15 is 0 Å². The summed E-state index contributed by atoms with van der Waals surface area (Å²) in [5.74, 6) is 0.927. The van der Waals surface area contributed by atoms with E-state index in [0.717, 1.165) is 31.6 Å². The number of thiazole rings is 1. The van der Waals surface area contributed by atoms with Crippen LogP contribution in [-0.4, -0.2) is 24.1 Å². The van der Waals surface area contributed by atoms with Gasteiger partial charge in [-0.2, -0.15) is 0 Å². The van der Waals surface area contributed by atoms with Crippen molar-refractivity contribution in [3.8, 4) is 0 Å². The van der Waals surface area contributed by atoms with Crippen molar-refractivity contribution < 1.29 is 0 Å². The SMILES string of the molecule is CCN(CC)c1ncc(CNC2CCC(C)CC2)s1. The number of hydrogen-bond donors (Lipinski definition) is 1. The summed E-state index contributed by atoms with van der Waals surface area (Å²) in [6, 6.07) is 0.718. The summed E-state index contributed by atoms with van der Waals surface area (Å²) in [6.45, 7) is 9.81. The van der Waals surface area contributed by atoms with Crippen molar-refractivity contribution in [2.45, 2.75) is 59.0 Å². The standard InChI is InChI=1S/C15H27N3S/c1-4-18(5-2)15-17-11-14(19-15)10-16-13-8-6-12(3)7-9-13/h11-13,16H,4-10H2,1-3H3. The molecule has 0 atom stereocenters. The van der Waals surface area contributed by atoms with Crippen LogP contribution in [0.4, 0.5) is 5.13 Å². The molecular weight excluding hydrogens is 254 g/mol. The van der Waals surface area contributed by atoms with Gasteiger partial charge in [0.1, 0.15) is 0 Å². The lowest BCUT2D eigenvalue weighted by Crippen LogP contribution is -2.31. The minimum absolute atomic E-state index is 0.718. The van der Waals surface area contributed by atoms with E-state index in [1.165, 1.54) is 35.7 Å². The van der Waals surface area contributed by atoms with Crippen LogP contribution in [0.15, 0.2) is 6.20 Å². The maximum atomic E-state index is 4.54. The molecule has 0 saturated heterocycles. The van der Waals surface area contributed by atoms with Gasteiger partial charge < -0.3 is 10.2 Å². The Bertz CT molecular complexity index is 365. The second kappa shape index (κ2) is 7.25. The normalized spacial score (nSPS) is 23.5. The van der Waals surface area contributed by atoms with Crippen LogP contribution in [0.1, 0.15) is 51.3 Å². The third kappa shape index (κ3) is 4.18. The lowest BCUT2D eigenvalue weighted by molar-refractivity contribution is 0.307. The van der Waals surface area contributed by atoms with Crippen molar-refractivity contribution in [1.82, 2.24) is 10.3 Å². The Kier molecular flexibility index (Phi) is 5.64. The lowest BCUT2D eigenvalue weighted by atomic mass is 9.87. The van der Waals surface area contributed by atoms with E-state index in [0.29, 0.717) is 0 Å². The van der Waals surface area contributed by atoms with Crippen LogP contribution in [0.5, 0.6) is 0 Å². The summed E-state index contributed by atoms with van der Waals surface area (Å²) in [7, 11) is 0. The molecular formula is C15H27N3S. The Morgan fingerprint density at radius 3 is 2.58 bits per heavy atom. The van der Waals surface area contributed by atoms with Gasteiger partial charge in [0.15, 0.2) is 5.13 Å². The topological polar surface area (TPSA) is 28.2 Å². The van der Waals surface area contributed by atoms with E-state index in [2.05, 4.69) is 36.0 Å². The van der Waals surface area contributed by atoms with Crippen LogP contribution in [0.2, 0.25) is 0 Å². The molecule has 2 rings (SSSR count). The summed E-state index contributed by atoms with van der Waals surface area (Å²) in [5, 5.41) is 4.86. The average molecular weight is 281 g/mol. The maximum Gasteiger partial charge on any atom is 0.185 e. The summed E-state index contributed by atoms with van der Waals surface area (Å²) >= 11 is 1.83. The molecule has 1 aliphatic carbocycles. The third-order valence-electron chi connectivity index (χ3n) is 4.16. The molecule has 1 heterocycles. The average Bonchev–Trinajstić information content (AvgIpc) is 2.88. The summed E-state index contributed by atoms with van der Waals surface area (Å²) in [6.07, 6.45) is 7.47. The molecule has 1 aromatic rings. The fourth-order valence-electron chi connectivity index (χ4n) is 2.73. The number of hydrogen-bond acceptors (Lipinski definition) is 4. The van der Waals surface area contributed by atoms with E-state index in [4.69, 9.17) is 0 Å². The molecule has 1 saturated carbocycles. The van der Waals surface area contributed by atoms with Crippen LogP contribution < -0.4 is 10.2 Å². The minimum atomic E-state index is 0.718. The molecule has 0 amide bonds. The number of aromatic nitrogens is 1. The molecule has 1 aromatic heterocycles. The first-order chi connectivity index (χ1) is 9.22. The zero-order chi connectivity index (χ0) is 13.7. The van der Waals surface area contributed by atoms with Gasteiger partial charge in [-0.3, -0.25) is 0 Å². The van der Waals surface area contributed by atoms with Crippen molar-refractivity contribution in [3.63, 3.8) is 0 Å². The Morgan fingerprint density at radius 2 is 1.95 bits per heavy atom. The molecule has 1 aliphatic rings. The third-order valence-corrected chi connectivity index (χ3v) is 5.21. The first-order valence-corrected chi connectivity index (χ1v) is 8.47. The smallest absolute Gasteiger partial charge is 0.185 e. The van der Waals surface area contributed by atoms with Crippen LogP contribution in [0.3, 0.4) is 0 Å². The lowest BCUT2D eigenvalue weighted by Gasteiger charge is -2.26. The van der Waals surface area contributed by atoms with Crippen molar-refractivity contribution in [2.24, 2.45) is 5.92 Å². The highest BCUT2D eigenvalue weighted by Gasteiger charge is 2.17. The first kappa shape index (κ1) is 14.8. The minimum Gasteiger partial charge on any atom is -0.349 e. The number of rotatable bonds is 6. The molecule has 0 aliphatic heterocycles.